The molecule has 2 aromatic heterocycles. The SMILES string of the molecule is CC.COc1cc(F)cc([C@H]2CC(NC(=O)C3=CC=CN(C)C3(C)O)CN2c2ccc3ncc(C)n3n2)c1.[HH]. The maximum atomic E-state index is 14.4. The lowest BCUT2D eigenvalue weighted by Gasteiger charge is -2.36. The molecule has 4 heterocycles. The highest BCUT2D eigenvalue weighted by molar-refractivity contribution is 5.96. The fourth-order valence-electron chi connectivity index (χ4n) is 4.85. The number of halogens is 1. The Morgan fingerprint density at radius 2 is 2.05 bits per heavy atom. The van der Waals surface area contributed by atoms with Crippen LogP contribution in [0.5, 0.6) is 5.75 Å². The number of nitrogens with zero attached hydrogens (tertiary/aromatic N) is 5. The van der Waals surface area contributed by atoms with Gasteiger partial charge in [-0.1, -0.05) is 13.8 Å². The van der Waals surface area contributed by atoms with E-state index >= 15 is 0 Å². The molecule has 2 aliphatic rings. The number of fused-ring (bicyclic) bond motifs is 1. The first-order chi connectivity index (χ1) is 18.2. The van der Waals surface area contributed by atoms with Gasteiger partial charge < -0.3 is 25.0 Å². The van der Waals surface area contributed by atoms with Crippen LogP contribution in [0.15, 0.2) is 60.5 Å². The minimum absolute atomic E-state index is 0. The van der Waals surface area contributed by atoms with Gasteiger partial charge in [0, 0.05) is 33.3 Å². The van der Waals surface area contributed by atoms with E-state index in [1.54, 1.807) is 54.0 Å². The number of aliphatic hydroxyl groups is 1. The predicted molar refractivity (Wildman–Crippen MR) is 146 cm³/mol. The molecule has 3 aromatic rings. The summed E-state index contributed by atoms with van der Waals surface area (Å²) in [6, 6.07) is 7.85. The molecule has 1 saturated heterocycles. The number of imidazole rings is 1. The topological polar surface area (TPSA) is 95.2 Å². The van der Waals surface area contributed by atoms with Gasteiger partial charge in [0.05, 0.1) is 30.6 Å². The van der Waals surface area contributed by atoms with Crippen molar-refractivity contribution in [2.75, 3.05) is 25.6 Å². The van der Waals surface area contributed by atoms with Crippen LogP contribution in [-0.4, -0.2) is 63.0 Å². The number of carbonyl (C=O) groups excluding carboxylic acids is 1. The predicted octanol–water partition coefficient (Wildman–Crippen LogP) is 3.99. The molecule has 1 amide bonds. The summed E-state index contributed by atoms with van der Waals surface area (Å²) in [4.78, 5) is 21.2. The third-order valence-electron chi connectivity index (χ3n) is 6.98. The third-order valence-corrected chi connectivity index (χ3v) is 6.98. The molecule has 0 aliphatic carbocycles. The fourth-order valence-corrected chi connectivity index (χ4v) is 4.85. The quantitative estimate of drug-likeness (QED) is 0.521. The summed E-state index contributed by atoms with van der Waals surface area (Å²) >= 11 is 0. The van der Waals surface area contributed by atoms with Gasteiger partial charge in [-0.3, -0.25) is 4.79 Å². The van der Waals surface area contributed by atoms with Crippen molar-refractivity contribution in [1.29, 1.82) is 0 Å². The van der Waals surface area contributed by atoms with Gasteiger partial charge in [0.15, 0.2) is 11.4 Å². The van der Waals surface area contributed by atoms with E-state index in [0.717, 1.165) is 16.9 Å². The molecule has 1 fully saturated rings. The number of amides is 1. The molecule has 0 spiro atoms. The highest BCUT2D eigenvalue weighted by Gasteiger charge is 2.39. The van der Waals surface area contributed by atoms with Crippen molar-refractivity contribution < 1.29 is 20.5 Å². The van der Waals surface area contributed by atoms with Gasteiger partial charge in [-0.15, -0.1) is 5.10 Å². The minimum atomic E-state index is -1.43. The Balaban J connectivity index is 0.00000137. The van der Waals surface area contributed by atoms with Gasteiger partial charge in [-0.05, 0) is 62.2 Å². The summed E-state index contributed by atoms with van der Waals surface area (Å²) in [6.07, 6.45) is 7.32. The van der Waals surface area contributed by atoms with Crippen LogP contribution in [0.3, 0.4) is 0 Å². The summed E-state index contributed by atoms with van der Waals surface area (Å²) < 4.78 is 21.5. The molecule has 5 rings (SSSR count). The number of allylic oxidation sites excluding steroid dienone is 2. The number of methoxy groups -OCH3 is 1. The van der Waals surface area contributed by atoms with E-state index in [0.29, 0.717) is 24.5 Å². The van der Waals surface area contributed by atoms with Crippen LogP contribution in [0.4, 0.5) is 10.2 Å². The maximum absolute atomic E-state index is 14.4. The van der Waals surface area contributed by atoms with Crippen molar-refractivity contribution in [1.82, 2.24) is 24.8 Å². The van der Waals surface area contributed by atoms with Crippen LogP contribution in [-0.2, 0) is 4.79 Å². The van der Waals surface area contributed by atoms with Gasteiger partial charge in [0.2, 0.25) is 0 Å². The average Bonchev–Trinajstić information content (AvgIpc) is 3.49. The maximum Gasteiger partial charge on any atom is 0.252 e. The standard InChI is InChI=1S/C26H29FN6O3.C2H6.H2/c1-16-14-28-23-7-8-24(30-33(16)23)32-15-19(13-22(32)17-10-18(27)12-20(11-17)36-4)29-25(34)21-6-5-9-31(3)26(21,2)35;1-2;/h5-12,14,19,22,35H,13,15H2,1-4H3,(H,29,34);1-2H3;1H/t19?,22-,26?;;/m1../s1. The summed E-state index contributed by atoms with van der Waals surface area (Å²) in [7, 11) is 3.21. The number of ether oxygens (including phenoxy) is 1. The number of hydrogen-bond acceptors (Lipinski definition) is 7. The molecular weight excluding hydrogens is 487 g/mol. The van der Waals surface area contributed by atoms with Crippen molar-refractivity contribution in [3.8, 4) is 5.75 Å². The molecule has 0 bridgehead atoms. The molecule has 0 radical (unpaired) electrons. The molecule has 1 aromatic carbocycles. The second kappa shape index (κ2) is 10.8. The lowest BCUT2D eigenvalue weighted by Crippen LogP contribution is -2.50. The zero-order valence-electron chi connectivity index (χ0n) is 22.6. The van der Waals surface area contributed by atoms with E-state index in [4.69, 9.17) is 9.84 Å². The third kappa shape index (κ3) is 5.08. The van der Waals surface area contributed by atoms with Gasteiger partial charge in [0.25, 0.3) is 5.91 Å². The van der Waals surface area contributed by atoms with Crippen LogP contribution in [0.2, 0.25) is 0 Å². The summed E-state index contributed by atoms with van der Waals surface area (Å²) in [6.45, 7) is 7.95. The van der Waals surface area contributed by atoms with Gasteiger partial charge >= 0.3 is 0 Å². The second-order valence-electron chi connectivity index (χ2n) is 9.41. The molecule has 0 saturated carbocycles. The number of benzene rings is 1. The van der Waals surface area contributed by atoms with Gasteiger partial charge in [-0.2, -0.15) is 0 Å². The molecule has 9 nitrogen and oxygen atoms in total. The molecular formula is C28H37FN6O3. The van der Waals surface area contributed by atoms with Crippen LogP contribution in [0.1, 0.15) is 45.9 Å². The van der Waals surface area contributed by atoms with E-state index in [2.05, 4.69) is 15.2 Å². The smallest absolute Gasteiger partial charge is 0.252 e. The molecule has 204 valence electrons. The normalized spacial score (nSPS) is 22.7. The van der Waals surface area contributed by atoms with Gasteiger partial charge in [0.1, 0.15) is 17.4 Å². The van der Waals surface area contributed by atoms with E-state index in [1.165, 1.54) is 19.2 Å². The Labute approximate surface area is 223 Å². The summed E-state index contributed by atoms with van der Waals surface area (Å²) in [5.41, 5.74) is 1.16. The van der Waals surface area contributed by atoms with Gasteiger partial charge in [-0.25, -0.2) is 13.9 Å². The Morgan fingerprint density at radius 1 is 1.29 bits per heavy atom. The van der Waals surface area contributed by atoms with E-state index in [-0.39, 0.29) is 25.0 Å². The van der Waals surface area contributed by atoms with Crippen molar-refractivity contribution in [2.24, 2.45) is 0 Å². The van der Waals surface area contributed by atoms with Crippen molar-refractivity contribution >= 4 is 17.4 Å². The van der Waals surface area contributed by atoms with Crippen LogP contribution < -0.4 is 15.0 Å². The fraction of sp³-hybridized carbons (Fsp3) is 0.393. The highest BCUT2D eigenvalue weighted by Crippen LogP contribution is 2.37. The molecule has 38 heavy (non-hydrogen) atoms. The Kier molecular flexibility index (Phi) is 7.73. The minimum Gasteiger partial charge on any atom is -0.497 e. The zero-order valence-corrected chi connectivity index (χ0v) is 22.6. The van der Waals surface area contributed by atoms with Crippen LogP contribution >= 0.6 is 0 Å². The van der Waals surface area contributed by atoms with E-state index < -0.39 is 11.5 Å². The number of aromatic nitrogens is 3. The average molecular weight is 525 g/mol. The largest absolute Gasteiger partial charge is 0.497 e. The molecule has 2 aliphatic heterocycles. The van der Waals surface area contributed by atoms with Crippen molar-refractivity contribution in [2.45, 2.75) is 51.9 Å². The summed E-state index contributed by atoms with van der Waals surface area (Å²) in [5, 5.41) is 18.7. The number of anilines is 1. The highest BCUT2D eigenvalue weighted by atomic mass is 19.1. The number of nitrogens with one attached hydrogen (secondary N) is 1. The number of rotatable bonds is 5. The number of carbonyl (C=O) groups is 1. The molecule has 2 N–H and O–H groups in total. The number of hydrogen-bond donors (Lipinski definition) is 2. The van der Waals surface area contributed by atoms with E-state index in [9.17, 15) is 14.3 Å². The van der Waals surface area contributed by atoms with Crippen molar-refractivity contribution in [3.63, 3.8) is 0 Å². The molecule has 3 atom stereocenters. The lowest BCUT2D eigenvalue weighted by molar-refractivity contribution is -0.122. The van der Waals surface area contributed by atoms with Crippen LogP contribution in [0, 0.1) is 12.7 Å². The first-order valence-electron chi connectivity index (χ1n) is 12.7. The van der Waals surface area contributed by atoms with Crippen molar-refractivity contribution in [3.05, 3.63) is 77.5 Å². The number of aryl methyl sites for hydroxylation is 1. The monoisotopic (exact) mass is 524 g/mol. The Morgan fingerprint density at radius 3 is 2.79 bits per heavy atom. The second-order valence-corrected chi connectivity index (χ2v) is 9.41. The first-order valence-corrected chi connectivity index (χ1v) is 12.7. The molecule has 2 unspecified atom stereocenters. The van der Waals surface area contributed by atoms with E-state index in [1.807, 2.05) is 32.9 Å². The number of likely N-dealkylation sites (N-methyl/N-ethyl adjacent to an activating group) is 1. The lowest BCUT2D eigenvalue weighted by atomic mass is 9.98. The Bertz CT molecular complexity index is 1390. The Hall–Kier alpha value is -3.92. The van der Waals surface area contributed by atoms with Crippen LogP contribution in [0.25, 0.3) is 5.65 Å². The molecule has 10 heteroatoms. The zero-order chi connectivity index (χ0) is 27.6. The first kappa shape index (κ1) is 27.1. The summed E-state index contributed by atoms with van der Waals surface area (Å²) in [5.74, 6) is 0.348.